The molecule has 4 nitrogen and oxygen atoms in total. The predicted octanol–water partition coefficient (Wildman–Crippen LogP) is 4.05. The van der Waals surface area contributed by atoms with Crippen molar-refractivity contribution in [1.29, 1.82) is 0 Å². The van der Waals surface area contributed by atoms with Crippen LogP contribution in [0.5, 0.6) is 0 Å². The number of carbonyl (C=O) groups excluding carboxylic acids is 1. The lowest BCUT2D eigenvalue weighted by Crippen LogP contribution is -1.99. The molecule has 0 aliphatic heterocycles. The number of hydrogen-bond acceptors (Lipinski definition) is 5. The van der Waals surface area contributed by atoms with Gasteiger partial charge in [0.1, 0.15) is 4.88 Å². The second kappa shape index (κ2) is 5.71. The molecule has 1 aromatic heterocycles. The number of carbonyl (C=O) groups is 1. The molecule has 0 saturated carbocycles. The van der Waals surface area contributed by atoms with E-state index in [-0.39, 0.29) is 5.97 Å². The molecule has 2 rings (SSSR count). The number of aryl methyl sites for hydroxylation is 2. The van der Waals surface area contributed by atoms with Gasteiger partial charge in [0.25, 0.3) is 0 Å². The minimum Gasteiger partial charge on any atom is -0.465 e. The standard InChI is InChI=1S/C13H13BrN2O2S/c1-7-6-9(4-5-10(7)14)16-13-15-8(2)11(19-13)12(17)18-3/h4-6H,1-3H3,(H,15,16). The molecule has 0 unspecified atom stereocenters. The fraction of sp³-hybridized carbons (Fsp3) is 0.231. The van der Waals surface area contributed by atoms with Gasteiger partial charge in [-0.2, -0.15) is 0 Å². The zero-order valence-corrected chi connectivity index (χ0v) is 13.2. The summed E-state index contributed by atoms with van der Waals surface area (Å²) in [6.45, 7) is 3.81. The van der Waals surface area contributed by atoms with Crippen LogP contribution in [0.25, 0.3) is 0 Å². The highest BCUT2D eigenvalue weighted by Gasteiger charge is 2.15. The molecule has 0 radical (unpaired) electrons. The first kappa shape index (κ1) is 14.0. The van der Waals surface area contributed by atoms with Gasteiger partial charge in [-0.05, 0) is 37.6 Å². The van der Waals surface area contributed by atoms with Gasteiger partial charge in [0, 0.05) is 10.2 Å². The van der Waals surface area contributed by atoms with Crippen LogP contribution in [-0.2, 0) is 4.74 Å². The second-order valence-corrected chi connectivity index (χ2v) is 5.87. The lowest BCUT2D eigenvalue weighted by atomic mass is 10.2. The number of thiazole rings is 1. The van der Waals surface area contributed by atoms with Crippen molar-refractivity contribution in [1.82, 2.24) is 4.98 Å². The van der Waals surface area contributed by atoms with E-state index in [1.807, 2.05) is 25.1 Å². The monoisotopic (exact) mass is 340 g/mol. The first-order valence-corrected chi connectivity index (χ1v) is 7.21. The zero-order valence-electron chi connectivity index (χ0n) is 10.8. The number of nitrogens with one attached hydrogen (secondary N) is 1. The van der Waals surface area contributed by atoms with E-state index >= 15 is 0 Å². The van der Waals surface area contributed by atoms with Crippen LogP contribution in [0.2, 0.25) is 0 Å². The Morgan fingerprint density at radius 1 is 1.42 bits per heavy atom. The maximum absolute atomic E-state index is 11.5. The van der Waals surface area contributed by atoms with Crippen LogP contribution >= 0.6 is 27.3 Å². The van der Waals surface area contributed by atoms with Crippen molar-refractivity contribution in [2.75, 3.05) is 12.4 Å². The number of benzene rings is 1. The summed E-state index contributed by atoms with van der Waals surface area (Å²) >= 11 is 4.75. The average molecular weight is 341 g/mol. The molecule has 100 valence electrons. The Bertz CT molecular complexity index is 625. The highest BCUT2D eigenvalue weighted by molar-refractivity contribution is 9.10. The Hall–Kier alpha value is -1.40. The Morgan fingerprint density at radius 2 is 2.16 bits per heavy atom. The highest BCUT2D eigenvalue weighted by Crippen LogP contribution is 2.28. The SMILES string of the molecule is COC(=O)c1sc(Nc2ccc(Br)c(C)c2)nc1C. The summed E-state index contributed by atoms with van der Waals surface area (Å²) in [7, 11) is 1.37. The fourth-order valence-electron chi connectivity index (χ4n) is 1.58. The molecule has 0 amide bonds. The molecule has 2 aromatic rings. The number of ether oxygens (including phenoxy) is 1. The number of halogens is 1. The summed E-state index contributed by atoms with van der Waals surface area (Å²) in [6.07, 6.45) is 0. The molecule has 0 aliphatic carbocycles. The topological polar surface area (TPSA) is 51.2 Å². The summed E-state index contributed by atoms with van der Waals surface area (Å²) in [5.41, 5.74) is 2.74. The summed E-state index contributed by atoms with van der Waals surface area (Å²) in [6, 6.07) is 5.93. The maximum Gasteiger partial charge on any atom is 0.350 e. The van der Waals surface area contributed by atoms with Crippen molar-refractivity contribution in [2.45, 2.75) is 13.8 Å². The van der Waals surface area contributed by atoms with E-state index in [9.17, 15) is 4.79 Å². The van der Waals surface area contributed by atoms with Gasteiger partial charge < -0.3 is 10.1 Å². The molecular weight excluding hydrogens is 328 g/mol. The summed E-state index contributed by atoms with van der Waals surface area (Å²) in [5, 5.41) is 3.87. The van der Waals surface area contributed by atoms with Crippen molar-refractivity contribution in [3.63, 3.8) is 0 Å². The quantitative estimate of drug-likeness (QED) is 0.856. The zero-order chi connectivity index (χ0) is 14.0. The van der Waals surface area contributed by atoms with Gasteiger partial charge in [0.15, 0.2) is 5.13 Å². The molecule has 0 bridgehead atoms. The van der Waals surface area contributed by atoms with Gasteiger partial charge in [-0.25, -0.2) is 9.78 Å². The van der Waals surface area contributed by atoms with E-state index in [2.05, 4.69) is 26.2 Å². The Kier molecular flexibility index (Phi) is 4.21. The van der Waals surface area contributed by atoms with E-state index in [0.29, 0.717) is 15.7 Å². The lowest BCUT2D eigenvalue weighted by molar-refractivity contribution is 0.0605. The van der Waals surface area contributed by atoms with Gasteiger partial charge in [-0.3, -0.25) is 0 Å². The largest absolute Gasteiger partial charge is 0.465 e. The third-order valence-corrected chi connectivity index (χ3v) is 4.52. The van der Waals surface area contributed by atoms with Crippen LogP contribution < -0.4 is 5.32 Å². The van der Waals surface area contributed by atoms with Crippen LogP contribution in [0.1, 0.15) is 20.9 Å². The van der Waals surface area contributed by atoms with E-state index in [1.54, 1.807) is 6.92 Å². The van der Waals surface area contributed by atoms with Gasteiger partial charge in [-0.15, -0.1) is 0 Å². The molecule has 19 heavy (non-hydrogen) atoms. The highest BCUT2D eigenvalue weighted by atomic mass is 79.9. The number of anilines is 2. The Balaban J connectivity index is 2.24. The number of methoxy groups -OCH3 is 1. The van der Waals surface area contributed by atoms with Crippen molar-refractivity contribution in [3.8, 4) is 0 Å². The van der Waals surface area contributed by atoms with E-state index in [0.717, 1.165) is 15.7 Å². The average Bonchev–Trinajstić information content (AvgIpc) is 2.74. The van der Waals surface area contributed by atoms with E-state index in [1.165, 1.54) is 18.4 Å². The third kappa shape index (κ3) is 3.13. The minimum atomic E-state index is -0.352. The van der Waals surface area contributed by atoms with Gasteiger partial charge >= 0.3 is 5.97 Å². The maximum atomic E-state index is 11.5. The van der Waals surface area contributed by atoms with Crippen LogP contribution in [0.3, 0.4) is 0 Å². The molecule has 0 aliphatic rings. The number of rotatable bonds is 3. The molecule has 6 heteroatoms. The van der Waals surface area contributed by atoms with E-state index < -0.39 is 0 Å². The summed E-state index contributed by atoms with van der Waals surface area (Å²) in [5.74, 6) is -0.352. The number of nitrogens with zero attached hydrogens (tertiary/aromatic N) is 1. The smallest absolute Gasteiger partial charge is 0.350 e. The van der Waals surface area contributed by atoms with Crippen molar-refractivity contribution < 1.29 is 9.53 Å². The molecule has 0 spiro atoms. The van der Waals surface area contributed by atoms with Gasteiger partial charge in [0.2, 0.25) is 0 Å². The number of hydrogen-bond donors (Lipinski definition) is 1. The molecule has 1 N–H and O–H groups in total. The van der Waals surface area contributed by atoms with Crippen LogP contribution in [0, 0.1) is 13.8 Å². The normalized spacial score (nSPS) is 10.3. The predicted molar refractivity (Wildman–Crippen MR) is 80.4 cm³/mol. The third-order valence-electron chi connectivity index (χ3n) is 2.58. The van der Waals surface area contributed by atoms with Crippen molar-refractivity contribution in [3.05, 3.63) is 38.8 Å². The lowest BCUT2D eigenvalue weighted by Gasteiger charge is -2.04. The molecule has 0 fully saturated rings. The minimum absolute atomic E-state index is 0.352. The molecular formula is C13H13BrN2O2S. The molecule has 0 atom stereocenters. The Labute approximate surface area is 124 Å². The summed E-state index contributed by atoms with van der Waals surface area (Å²) < 4.78 is 5.77. The Morgan fingerprint density at radius 3 is 2.79 bits per heavy atom. The first-order chi connectivity index (χ1) is 9.01. The van der Waals surface area contributed by atoms with Gasteiger partial charge in [0.05, 0.1) is 12.8 Å². The summed E-state index contributed by atoms with van der Waals surface area (Å²) in [4.78, 5) is 16.4. The van der Waals surface area contributed by atoms with Crippen LogP contribution in [-0.4, -0.2) is 18.1 Å². The van der Waals surface area contributed by atoms with Crippen molar-refractivity contribution >= 4 is 44.1 Å². The molecule has 0 saturated heterocycles. The van der Waals surface area contributed by atoms with Crippen LogP contribution in [0.15, 0.2) is 22.7 Å². The number of aromatic nitrogens is 1. The first-order valence-electron chi connectivity index (χ1n) is 5.60. The number of esters is 1. The van der Waals surface area contributed by atoms with Crippen molar-refractivity contribution in [2.24, 2.45) is 0 Å². The molecule has 1 aromatic carbocycles. The van der Waals surface area contributed by atoms with Crippen LogP contribution in [0.4, 0.5) is 10.8 Å². The van der Waals surface area contributed by atoms with Gasteiger partial charge in [-0.1, -0.05) is 27.3 Å². The fourth-order valence-corrected chi connectivity index (χ4v) is 2.73. The second-order valence-electron chi connectivity index (χ2n) is 4.01. The molecule has 1 heterocycles. The van der Waals surface area contributed by atoms with E-state index in [4.69, 9.17) is 4.74 Å².